The van der Waals surface area contributed by atoms with E-state index in [9.17, 15) is 5.11 Å². The molecule has 0 bridgehead atoms. The molecule has 2 aliphatic heterocycles. The third-order valence-electron chi connectivity index (χ3n) is 8.69. The van der Waals surface area contributed by atoms with Crippen molar-refractivity contribution >= 4 is 22.8 Å². The van der Waals surface area contributed by atoms with Crippen LogP contribution in [0.2, 0.25) is 0 Å². The molecule has 5 aromatic rings. The number of aromatic nitrogens is 3. The molecule has 0 saturated carbocycles. The molecule has 232 valence electrons. The zero-order valence-electron chi connectivity index (χ0n) is 25.0. The summed E-state index contributed by atoms with van der Waals surface area (Å²) in [6.45, 7) is -0.0901. The van der Waals surface area contributed by atoms with Crippen LogP contribution in [-0.4, -0.2) is 64.6 Å². The van der Waals surface area contributed by atoms with Crippen LogP contribution in [0.15, 0.2) is 96.4 Å². The average molecular weight is 628 g/mol. The van der Waals surface area contributed by atoms with Gasteiger partial charge in [0.15, 0.2) is 12.4 Å². The van der Waals surface area contributed by atoms with Crippen molar-refractivity contribution < 1.29 is 28.4 Å². The van der Waals surface area contributed by atoms with Crippen LogP contribution in [-0.2, 0) is 21.5 Å². The van der Waals surface area contributed by atoms with E-state index in [0.29, 0.717) is 17.1 Å². The van der Waals surface area contributed by atoms with Crippen molar-refractivity contribution in [1.29, 1.82) is 0 Å². The van der Waals surface area contributed by atoms with Crippen molar-refractivity contribution in [2.75, 3.05) is 26.6 Å². The minimum atomic E-state index is -1.69. The molecule has 0 radical (unpaired) electrons. The molecular weight excluding hydrogens is 593 g/mol. The van der Waals surface area contributed by atoms with Crippen LogP contribution in [0.25, 0.3) is 11.0 Å². The van der Waals surface area contributed by atoms with E-state index in [0.717, 1.165) is 51.3 Å². The predicted octanol–water partition coefficient (Wildman–Crippen LogP) is 6.09. The number of ether oxygens (including phenoxy) is 4. The second-order valence-corrected chi connectivity index (χ2v) is 12.3. The lowest BCUT2D eigenvalue weighted by Gasteiger charge is -2.37. The Hall–Kier alpha value is -3.96. The Bertz CT molecular complexity index is 1720. The summed E-state index contributed by atoms with van der Waals surface area (Å²) in [5.41, 5.74) is 3.07. The number of hydrogen-bond donors (Lipinski definition) is 1. The largest absolute Gasteiger partial charge is 0.497 e. The van der Waals surface area contributed by atoms with Gasteiger partial charge in [0.05, 0.1) is 26.2 Å². The van der Waals surface area contributed by atoms with E-state index in [1.807, 2.05) is 85.1 Å². The zero-order chi connectivity index (χ0) is 31.0. The normalized spacial score (nSPS) is 21.5. The van der Waals surface area contributed by atoms with E-state index in [2.05, 4.69) is 9.97 Å². The van der Waals surface area contributed by atoms with Crippen LogP contribution < -0.4 is 9.47 Å². The molecule has 45 heavy (non-hydrogen) atoms. The fraction of sp³-hybridized carbons (Fsp3) is 0.314. The summed E-state index contributed by atoms with van der Waals surface area (Å²) in [7, 11) is 3.24. The Morgan fingerprint density at radius 1 is 0.933 bits per heavy atom. The fourth-order valence-electron chi connectivity index (χ4n) is 6.40. The number of alkyl halides is 1. The van der Waals surface area contributed by atoms with Gasteiger partial charge in [-0.15, -0.1) is 11.8 Å². The fourth-order valence-corrected chi connectivity index (χ4v) is 7.37. The van der Waals surface area contributed by atoms with Crippen molar-refractivity contribution in [3.63, 3.8) is 0 Å². The first-order valence-corrected chi connectivity index (χ1v) is 16.0. The summed E-state index contributed by atoms with van der Waals surface area (Å²) in [4.78, 5) is 8.98. The topological polar surface area (TPSA) is 87.9 Å². The molecule has 0 spiro atoms. The maximum Gasteiger partial charge on any atom is 0.173 e. The molecule has 1 N–H and O–H groups in total. The van der Waals surface area contributed by atoms with E-state index >= 15 is 4.39 Å². The van der Waals surface area contributed by atoms with E-state index in [1.165, 1.54) is 6.33 Å². The molecule has 2 aromatic heterocycles. The third-order valence-corrected chi connectivity index (χ3v) is 9.76. The number of halogens is 1. The predicted molar refractivity (Wildman–Crippen MR) is 170 cm³/mol. The third kappa shape index (κ3) is 5.25. The molecule has 0 unspecified atom stereocenters. The maximum absolute atomic E-state index is 16.0. The number of aliphatic hydroxyl groups is 1. The number of rotatable bonds is 9. The second-order valence-electron chi connectivity index (χ2n) is 11.2. The van der Waals surface area contributed by atoms with E-state index in [1.54, 1.807) is 30.5 Å². The van der Waals surface area contributed by atoms with Crippen LogP contribution in [0.5, 0.6) is 11.5 Å². The maximum atomic E-state index is 16.0. The van der Waals surface area contributed by atoms with E-state index in [4.69, 9.17) is 18.9 Å². The van der Waals surface area contributed by atoms with Crippen LogP contribution in [0.1, 0.15) is 34.9 Å². The minimum absolute atomic E-state index is 0.0901. The summed E-state index contributed by atoms with van der Waals surface area (Å²) in [5.74, 6) is 2.38. The Kier molecular flexibility index (Phi) is 8.22. The second kappa shape index (κ2) is 12.4. The molecule has 3 aromatic carbocycles. The molecule has 0 amide bonds. The Morgan fingerprint density at radius 3 is 2.22 bits per heavy atom. The molecule has 0 aliphatic carbocycles. The van der Waals surface area contributed by atoms with Gasteiger partial charge >= 0.3 is 0 Å². The number of aryl methyl sites for hydroxylation is 1. The summed E-state index contributed by atoms with van der Waals surface area (Å²) in [6, 6.07) is 25.2. The quantitative estimate of drug-likeness (QED) is 0.155. The highest BCUT2D eigenvalue weighted by Crippen LogP contribution is 2.44. The van der Waals surface area contributed by atoms with Gasteiger partial charge < -0.3 is 28.6 Å². The summed E-state index contributed by atoms with van der Waals surface area (Å²) in [6.07, 6.45) is 0.127. The van der Waals surface area contributed by atoms with Crippen LogP contribution in [0.3, 0.4) is 0 Å². The summed E-state index contributed by atoms with van der Waals surface area (Å²) >= 11 is 1.68. The van der Waals surface area contributed by atoms with E-state index < -0.39 is 30.2 Å². The van der Waals surface area contributed by atoms with Gasteiger partial charge in [-0.1, -0.05) is 54.6 Å². The number of aliphatic hydroxyl groups excluding tert-OH is 1. The molecule has 1 saturated heterocycles. The highest BCUT2D eigenvalue weighted by Gasteiger charge is 2.48. The zero-order valence-corrected chi connectivity index (χ0v) is 25.8. The molecule has 4 atom stereocenters. The standard InChI is InChI=1S/C35H34FN3O5S/c1-41-26-14-10-24(11-15-26)35(23-8-4-3-5-9-23,25-12-16-27(42-2)17-13-25)43-20-28-31(40)30(36)34(44-28)39-19-22-7-6-18-45-33-29(22)32(39)37-21-38-33/h3-5,8-17,19,21,28,30-31,34,40H,6-7,18,20H2,1-2H3/t28-,30-,31-,34-/m1/s1. The molecular formula is C35H34FN3O5S. The lowest BCUT2D eigenvalue weighted by molar-refractivity contribution is -0.0935. The van der Waals surface area contributed by atoms with Crippen molar-refractivity contribution in [1.82, 2.24) is 14.5 Å². The molecule has 4 heterocycles. The van der Waals surface area contributed by atoms with Gasteiger partial charge in [0.2, 0.25) is 0 Å². The van der Waals surface area contributed by atoms with Gasteiger partial charge in [-0.05, 0) is 65.1 Å². The minimum Gasteiger partial charge on any atom is -0.497 e. The van der Waals surface area contributed by atoms with Gasteiger partial charge in [0, 0.05) is 6.20 Å². The van der Waals surface area contributed by atoms with Crippen molar-refractivity contribution in [3.05, 3.63) is 114 Å². The number of methoxy groups -OCH3 is 2. The SMILES string of the molecule is COc1ccc(C(OC[C@H]2O[C@@H](n3cc4c5c(ncnc53)SCCC4)[C@H](F)[C@@H]2O)(c2ccccc2)c2ccc(OC)cc2)cc1. The lowest BCUT2D eigenvalue weighted by atomic mass is 9.80. The first-order chi connectivity index (χ1) is 22.0. The monoisotopic (exact) mass is 627 g/mol. The molecule has 1 fully saturated rings. The molecule has 10 heteroatoms. The Labute approximate surface area is 265 Å². The van der Waals surface area contributed by atoms with Gasteiger partial charge in [-0.2, -0.15) is 0 Å². The van der Waals surface area contributed by atoms with Gasteiger partial charge in [-0.3, -0.25) is 0 Å². The highest BCUT2D eigenvalue weighted by atomic mass is 32.2. The number of hydrogen-bond acceptors (Lipinski definition) is 8. The lowest BCUT2D eigenvalue weighted by Crippen LogP contribution is -2.39. The number of benzene rings is 3. The first-order valence-electron chi connectivity index (χ1n) is 15.0. The summed E-state index contributed by atoms with van der Waals surface area (Å²) in [5, 5.41) is 13.1. The average Bonchev–Trinajstić information content (AvgIpc) is 3.51. The van der Waals surface area contributed by atoms with Crippen LogP contribution >= 0.6 is 11.8 Å². The van der Waals surface area contributed by atoms with Crippen molar-refractivity contribution in [3.8, 4) is 11.5 Å². The smallest absolute Gasteiger partial charge is 0.173 e. The van der Waals surface area contributed by atoms with Crippen molar-refractivity contribution in [2.24, 2.45) is 0 Å². The van der Waals surface area contributed by atoms with Crippen LogP contribution in [0, 0.1) is 0 Å². The van der Waals surface area contributed by atoms with Gasteiger partial charge in [0.25, 0.3) is 0 Å². The van der Waals surface area contributed by atoms with Crippen LogP contribution in [0.4, 0.5) is 4.39 Å². The molecule has 7 rings (SSSR count). The first kappa shape index (κ1) is 29.7. The van der Waals surface area contributed by atoms with Crippen molar-refractivity contribution in [2.45, 2.75) is 48.1 Å². The summed E-state index contributed by atoms with van der Waals surface area (Å²) < 4.78 is 41.8. The Morgan fingerprint density at radius 2 is 1.58 bits per heavy atom. The molecule has 2 aliphatic rings. The highest BCUT2D eigenvalue weighted by molar-refractivity contribution is 7.99. The Balaban J connectivity index is 1.26. The number of nitrogens with zero attached hydrogens (tertiary/aromatic N) is 3. The number of thioether (sulfide) groups is 1. The van der Waals surface area contributed by atoms with Gasteiger partial charge in [-0.25, -0.2) is 14.4 Å². The molecule has 8 nitrogen and oxygen atoms in total. The van der Waals surface area contributed by atoms with E-state index in [-0.39, 0.29) is 6.61 Å². The van der Waals surface area contributed by atoms with Gasteiger partial charge in [0.1, 0.15) is 46.3 Å².